The number of hydrogen-bond donors (Lipinski definition) is 2. The number of likely N-dealkylation sites (N-methyl/N-ethyl adjacent to an activating group) is 2. The van der Waals surface area contributed by atoms with Gasteiger partial charge >= 0.3 is 0 Å². The Morgan fingerprint density at radius 1 is 1.19 bits per heavy atom. The summed E-state index contributed by atoms with van der Waals surface area (Å²) in [6.07, 6.45) is 0. The van der Waals surface area contributed by atoms with Gasteiger partial charge in [0.1, 0.15) is 5.00 Å². The van der Waals surface area contributed by atoms with Crippen molar-refractivity contribution in [2.75, 3.05) is 44.9 Å². The monoisotopic (exact) mass is 312 g/mol. The number of thiophene rings is 1. The molecular weight excluding hydrogens is 288 g/mol. The molecular formula is C14H24N4O2S. The lowest BCUT2D eigenvalue weighted by molar-refractivity contribution is 0.0944. The largest absolute Gasteiger partial charge is 0.397 e. The van der Waals surface area contributed by atoms with Crippen molar-refractivity contribution >= 4 is 33.7 Å². The minimum Gasteiger partial charge on any atom is -0.397 e. The standard InChI is InChI=1S/C14H24N4O2S/c1-8(2)11(19)12-10(15)9(13(16)20)14(21-12)18(5)7-6-17(3)4/h8H,6-7,15H2,1-5H3,(H2,16,20). The first-order valence-electron chi connectivity index (χ1n) is 6.78. The molecule has 1 rings (SSSR count). The molecule has 7 heteroatoms. The molecule has 0 spiro atoms. The molecule has 0 atom stereocenters. The molecule has 118 valence electrons. The number of nitrogens with zero attached hydrogens (tertiary/aromatic N) is 2. The Morgan fingerprint density at radius 3 is 2.19 bits per heavy atom. The van der Waals surface area contributed by atoms with Crippen LogP contribution >= 0.6 is 11.3 Å². The number of anilines is 2. The van der Waals surface area contributed by atoms with E-state index in [1.54, 1.807) is 13.8 Å². The van der Waals surface area contributed by atoms with E-state index in [1.165, 1.54) is 11.3 Å². The second-order valence-corrected chi connectivity index (χ2v) is 6.63. The zero-order chi connectivity index (χ0) is 16.3. The summed E-state index contributed by atoms with van der Waals surface area (Å²) < 4.78 is 0. The Kier molecular flexibility index (Phi) is 5.74. The minimum atomic E-state index is -0.599. The van der Waals surface area contributed by atoms with Crippen molar-refractivity contribution in [1.29, 1.82) is 0 Å². The summed E-state index contributed by atoms with van der Waals surface area (Å²) in [4.78, 5) is 28.3. The van der Waals surface area contributed by atoms with Gasteiger partial charge in [0.05, 0.1) is 16.1 Å². The Hall–Kier alpha value is -1.60. The molecule has 0 aliphatic rings. The van der Waals surface area contributed by atoms with Gasteiger partial charge in [-0.15, -0.1) is 11.3 Å². The maximum Gasteiger partial charge on any atom is 0.253 e. The fourth-order valence-corrected chi connectivity index (χ4v) is 3.14. The molecule has 1 aromatic heterocycles. The summed E-state index contributed by atoms with van der Waals surface area (Å²) in [5.74, 6) is -0.836. The van der Waals surface area contributed by atoms with Crippen molar-refractivity contribution < 1.29 is 9.59 Å². The molecule has 0 radical (unpaired) electrons. The summed E-state index contributed by atoms with van der Waals surface area (Å²) in [7, 11) is 5.81. The lowest BCUT2D eigenvalue weighted by Crippen LogP contribution is -2.29. The summed E-state index contributed by atoms with van der Waals surface area (Å²) in [5, 5.41) is 0.658. The van der Waals surface area contributed by atoms with Gasteiger partial charge in [0.25, 0.3) is 5.91 Å². The first-order chi connectivity index (χ1) is 9.66. The number of Topliss-reactive ketones (excluding diaryl/α,β-unsaturated/α-hetero) is 1. The molecule has 0 aliphatic heterocycles. The van der Waals surface area contributed by atoms with E-state index in [2.05, 4.69) is 0 Å². The number of amides is 1. The van der Waals surface area contributed by atoms with Crippen LogP contribution in [-0.4, -0.2) is 50.8 Å². The van der Waals surface area contributed by atoms with Crippen LogP contribution in [0.5, 0.6) is 0 Å². The third kappa shape index (κ3) is 3.95. The highest BCUT2D eigenvalue weighted by molar-refractivity contribution is 7.19. The van der Waals surface area contributed by atoms with Crippen molar-refractivity contribution in [2.45, 2.75) is 13.8 Å². The van der Waals surface area contributed by atoms with E-state index in [9.17, 15) is 9.59 Å². The van der Waals surface area contributed by atoms with Crippen molar-refractivity contribution in [3.05, 3.63) is 10.4 Å². The van der Waals surface area contributed by atoms with Gasteiger partial charge < -0.3 is 21.3 Å². The number of ketones is 1. The average molecular weight is 312 g/mol. The number of nitrogen functional groups attached to an aromatic ring is 1. The molecule has 4 N–H and O–H groups in total. The number of primary amides is 1. The molecule has 0 unspecified atom stereocenters. The SMILES string of the molecule is CC(C)C(=O)c1sc(N(C)CCN(C)C)c(C(N)=O)c1N. The molecule has 0 aromatic carbocycles. The zero-order valence-corrected chi connectivity index (χ0v) is 14.1. The lowest BCUT2D eigenvalue weighted by atomic mass is 10.1. The predicted molar refractivity (Wildman–Crippen MR) is 88.2 cm³/mol. The maximum atomic E-state index is 12.2. The number of carbonyl (C=O) groups is 2. The molecule has 0 saturated heterocycles. The van der Waals surface area contributed by atoms with Crippen molar-refractivity contribution in [1.82, 2.24) is 4.90 Å². The van der Waals surface area contributed by atoms with E-state index in [0.717, 1.165) is 6.54 Å². The predicted octanol–water partition coefficient (Wildman–Crippen LogP) is 1.27. The van der Waals surface area contributed by atoms with Crippen molar-refractivity contribution in [2.24, 2.45) is 11.7 Å². The number of hydrogen-bond acceptors (Lipinski definition) is 6. The molecule has 0 saturated carbocycles. The van der Waals surface area contributed by atoms with Crippen molar-refractivity contribution in [3.63, 3.8) is 0 Å². The Balaban J connectivity index is 3.22. The summed E-state index contributed by atoms with van der Waals surface area (Å²) in [5.41, 5.74) is 11.9. The van der Waals surface area contributed by atoms with Crippen LogP contribution in [0.15, 0.2) is 0 Å². The fraction of sp³-hybridized carbons (Fsp3) is 0.571. The lowest BCUT2D eigenvalue weighted by Gasteiger charge is -2.20. The topological polar surface area (TPSA) is 92.7 Å². The Labute approximate surface area is 129 Å². The number of nitrogens with two attached hydrogens (primary N) is 2. The third-order valence-electron chi connectivity index (χ3n) is 3.15. The van der Waals surface area contributed by atoms with Crippen LogP contribution < -0.4 is 16.4 Å². The van der Waals surface area contributed by atoms with Crippen molar-refractivity contribution in [3.8, 4) is 0 Å². The van der Waals surface area contributed by atoms with E-state index in [4.69, 9.17) is 11.5 Å². The summed E-state index contributed by atoms with van der Waals surface area (Å²) in [6, 6.07) is 0. The molecule has 6 nitrogen and oxygen atoms in total. The highest BCUT2D eigenvalue weighted by atomic mass is 32.1. The quantitative estimate of drug-likeness (QED) is 0.740. The van der Waals surface area contributed by atoms with E-state index < -0.39 is 5.91 Å². The van der Waals surface area contributed by atoms with Crippen LogP contribution in [0, 0.1) is 5.92 Å². The second kappa shape index (κ2) is 6.91. The third-order valence-corrected chi connectivity index (χ3v) is 4.48. The van der Waals surface area contributed by atoms with E-state index in [-0.39, 0.29) is 23.0 Å². The van der Waals surface area contributed by atoms with Gasteiger partial charge in [-0.2, -0.15) is 0 Å². The molecule has 0 fully saturated rings. The highest BCUT2D eigenvalue weighted by Gasteiger charge is 2.27. The zero-order valence-electron chi connectivity index (χ0n) is 13.3. The van der Waals surface area contributed by atoms with Crippen LogP contribution in [0.25, 0.3) is 0 Å². The number of carbonyl (C=O) groups excluding carboxylic acids is 2. The van der Waals surface area contributed by atoms with Crippen LogP contribution in [0.3, 0.4) is 0 Å². The smallest absolute Gasteiger partial charge is 0.253 e. The highest BCUT2D eigenvalue weighted by Crippen LogP contribution is 2.38. The molecule has 1 heterocycles. The minimum absolute atomic E-state index is 0.0627. The second-order valence-electron chi connectivity index (χ2n) is 5.63. The number of rotatable bonds is 7. The van der Waals surface area contributed by atoms with E-state index >= 15 is 0 Å². The summed E-state index contributed by atoms with van der Waals surface area (Å²) in [6.45, 7) is 5.14. The van der Waals surface area contributed by atoms with Gasteiger partial charge in [-0.3, -0.25) is 9.59 Å². The Morgan fingerprint density at radius 2 is 1.76 bits per heavy atom. The molecule has 0 bridgehead atoms. The van der Waals surface area contributed by atoms with E-state index in [1.807, 2.05) is 30.9 Å². The van der Waals surface area contributed by atoms with Gasteiger partial charge in [0.15, 0.2) is 5.78 Å². The van der Waals surface area contributed by atoms with Gasteiger partial charge in [-0.25, -0.2) is 0 Å². The van der Waals surface area contributed by atoms with Crippen LogP contribution in [0.2, 0.25) is 0 Å². The van der Waals surface area contributed by atoms with Gasteiger partial charge in [-0.05, 0) is 14.1 Å². The first kappa shape index (κ1) is 17.5. The van der Waals surface area contributed by atoms with Crippen LogP contribution in [0.1, 0.15) is 33.9 Å². The van der Waals surface area contributed by atoms with E-state index in [0.29, 0.717) is 16.4 Å². The average Bonchev–Trinajstić information content (AvgIpc) is 2.72. The van der Waals surface area contributed by atoms with Crippen LogP contribution in [0.4, 0.5) is 10.7 Å². The van der Waals surface area contributed by atoms with Gasteiger partial charge in [-0.1, -0.05) is 13.8 Å². The molecule has 1 amide bonds. The van der Waals surface area contributed by atoms with Gasteiger partial charge in [0, 0.05) is 26.1 Å². The Bertz CT molecular complexity index is 537. The maximum absolute atomic E-state index is 12.2. The summed E-state index contributed by atoms with van der Waals surface area (Å²) >= 11 is 1.24. The van der Waals surface area contributed by atoms with Gasteiger partial charge in [0.2, 0.25) is 0 Å². The van der Waals surface area contributed by atoms with Crippen LogP contribution in [-0.2, 0) is 0 Å². The molecule has 1 aromatic rings. The first-order valence-corrected chi connectivity index (χ1v) is 7.60. The fourth-order valence-electron chi connectivity index (χ4n) is 1.84. The molecule has 21 heavy (non-hydrogen) atoms. The molecule has 0 aliphatic carbocycles. The normalized spacial score (nSPS) is 11.2.